The van der Waals surface area contributed by atoms with E-state index >= 15 is 0 Å². The van der Waals surface area contributed by atoms with Crippen LogP contribution < -0.4 is 15.4 Å². The summed E-state index contributed by atoms with van der Waals surface area (Å²) in [6, 6.07) is 7.31. The maximum Gasteiger partial charge on any atom is 0.339 e. The molecule has 3 aromatic rings. The molecule has 0 saturated carbocycles. The van der Waals surface area contributed by atoms with Gasteiger partial charge in [-0.2, -0.15) is 11.3 Å². The Morgan fingerprint density at radius 1 is 1.29 bits per heavy atom. The second-order valence-electron chi connectivity index (χ2n) is 6.73. The Kier molecular flexibility index (Phi) is 5.59. The third kappa shape index (κ3) is 3.95. The van der Waals surface area contributed by atoms with Crippen LogP contribution in [-0.2, 0) is 0 Å². The number of benzene rings is 1. The maximum absolute atomic E-state index is 12.6. The minimum atomic E-state index is -1.30. The summed E-state index contributed by atoms with van der Waals surface area (Å²) in [6.07, 6.45) is 3.29. The fourth-order valence-corrected chi connectivity index (χ4v) is 4.16. The average molecular weight is 437 g/mol. The molecule has 0 spiro atoms. The van der Waals surface area contributed by atoms with Gasteiger partial charge >= 0.3 is 12.0 Å². The van der Waals surface area contributed by atoms with Gasteiger partial charge in [-0.25, -0.2) is 9.59 Å². The van der Waals surface area contributed by atoms with Crippen molar-refractivity contribution in [1.29, 1.82) is 0 Å². The zero-order valence-electron chi connectivity index (χ0n) is 16.5. The van der Waals surface area contributed by atoms with Gasteiger partial charge in [-0.1, -0.05) is 0 Å². The van der Waals surface area contributed by atoms with Gasteiger partial charge in [-0.15, -0.1) is 0 Å². The SMILES string of the molecule is CCOc1cc([C@@H]2NC(=O)NC(c3cccnc3)=C2c2ccsc2)cc(C(=O)O)c1O. The number of urea groups is 1. The van der Waals surface area contributed by atoms with Crippen LogP contribution >= 0.6 is 11.3 Å². The first-order valence-electron chi connectivity index (χ1n) is 9.47. The lowest BCUT2D eigenvalue weighted by atomic mass is 9.88. The average Bonchev–Trinajstić information content (AvgIpc) is 3.29. The topological polar surface area (TPSA) is 121 Å². The zero-order chi connectivity index (χ0) is 22.0. The zero-order valence-corrected chi connectivity index (χ0v) is 17.3. The fourth-order valence-electron chi connectivity index (χ4n) is 3.51. The van der Waals surface area contributed by atoms with Crippen molar-refractivity contribution in [1.82, 2.24) is 15.6 Å². The van der Waals surface area contributed by atoms with Crippen LogP contribution in [0.25, 0.3) is 11.3 Å². The van der Waals surface area contributed by atoms with Crippen LogP contribution in [0.4, 0.5) is 4.79 Å². The first-order valence-corrected chi connectivity index (χ1v) is 10.4. The summed E-state index contributed by atoms with van der Waals surface area (Å²) in [5.74, 6) is -1.71. The van der Waals surface area contributed by atoms with E-state index in [1.54, 1.807) is 31.5 Å². The second kappa shape index (κ2) is 8.49. The number of aromatic carboxylic acids is 1. The van der Waals surface area contributed by atoms with Gasteiger partial charge in [0.15, 0.2) is 11.5 Å². The molecular formula is C22H19N3O5S. The summed E-state index contributed by atoms with van der Waals surface area (Å²) < 4.78 is 5.46. The van der Waals surface area contributed by atoms with E-state index in [9.17, 15) is 19.8 Å². The highest BCUT2D eigenvalue weighted by atomic mass is 32.1. The summed E-state index contributed by atoms with van der Waals surface area (Å²) in [7, 11) is 0. The Balaban J connectivity index is 1.96. The lowest BCUT2D eigenvalue weighted by Crippen LogP contribution is -2.43. The minimum Gasteiger partial charge on any atom is -0.504 e. The van der Waals surface area contributed by atoms with E-state index in [4.69, 9.17) is 4.74 Å². The van der Waals surface area contributed by atoms with E-state index in [-0.39, 0.29) is 17.9 Å². The van der Waals surface area contributed by atoms with E-state index in [0.717, 1.165) is 11.1 Å². The second-order valence-corrected chi connectivity index (χ2v) is 7.51. The Labute approximate surface area is 181 Å². The number of aromatic hydroxyl groups is 1. The Morgan fingerprint density at radius 2 is 2.13 bits per heavy atom. The Hall–Kier alpha value is -3.85. The number of nitrogens with one attached hydrogen (secondary N) is 2. The van der Waals surface area contributed by atoms with E-state index in [0.29, 0.717) is 16.8 Å². The van der Waals surface area contributed by atoms with Crippen molar-refractivity contribution in [3.05, 3.63) is 75.7 Å². The number of thiophene rings is 1. The van der Waals surface area contributed by atoms with Crippen LogP contribution in [0, 0.1) is 0 Å². The Bertz CT molecular complexity index is 1160. The minimum absolute atomic E-state index is 0.0396. The van der Waals surface area contributed by atoms with Crippen LogP contribution in [0.15, 0.2) is 53.5 Å². The van der Waals surface area contributed by atoms with Crippen molar-refractivity contribution in [3.8, 4) is 11.5 Å². The molecule has 0 bridgehead atoms. The molecule has 158 valence electrons. The van der Waals surface area contributed by atoms with Crippen molar-refractivity contribution in [2.75, 3.05) is 6.61 Å². The number of carbonyl (C=O) groups excluding carboxylic acids is 1. The molecule has 1 aliphatic heterocycles. The quantitative estimate of drug-likeness (QED) is 0.465. The largest absolute Gasteiger partial charge is 0.504 e. The molecule has 4 rings (SSSR count). The molecule has 0 unspecified atom stereocenters. The van der Waals surface area contributed by atoms with E-state index in [2.05, 4.69) is 15.6 Å². The standard InChI is InChI=1S/C22H19N3O5S/c1-2-30-16-9-14(8-15(20(16)26)21(27)28)19-17(13-5-7-31-11-13)18(24-22(29)25-19)12-4-3-6-23-10-12/h3-11,19,26H,2H2,1H3,(H,27,28)(H2,24,25,29)/t19-/m0/s1. The monoisotopic (exact) mass is 437 g/mol. The molecule has 0 fully saturated rings. The highest BCUT2D eigenvalue weighted by Gasteiger charge is 2.32. The third-order valence-electron chi connectivity index (χ3n) is 4.82. The molecule has 1 aromatic carbocycles. The van der Waals surface area contributed by atoms with Crippen molar-refractivity contribution < 1.29 is 24.5 Å². The molecule has 31 heavy (non-hydrogen) atoms. The van der Waals surface area contributed by atoms with Crippen molar-refractivity contribution in [2.24, 2.45) is 0 Å². The highest BCUT2D eigenvalue weighted by molar-refractivity contribution is 7.08. The van der Waals surface area contributed by atoms with Gasteiger partial charge in [0.1, 0.15) is 5.56 Å². The number of amides is 2. The summed E-state index contributed by atoms with van der Waals surface area (Å²) in [5.41, 5.74) is 3.06. The number of aromatic nitrogens is 1. The molecule has 0 saturated heterocycles. The number of rotatable bonds is 6. The number of carbonyl (C=O) groups is 2. The smallest absolute Gasteiger partial charge is 0.339 e. The molecule has 2 aromatic heterocycles. The van der Waals surface area contributed by atoms with E-state index in [1.165, 1.54) is 17.4 Å². The van der Waals surface area contributed by atoms with Crippen LogP contribution in [0.2, 0.25) is 0 Å². The predicted molar refractivity (Wildman–Crippen MR) is 116 cm³/mol. The summed E-state index contributed by atoms with van der Waals surface area (Å²) in [4.78, 5) is 28.5. The molecule has 8 nitrogen and oxygen atoms in total. The number of carboxylic acid groups (broad SMARTS) is 1. The maximum atomic E-state index is 12.6. The lowest BCUT2D eigenvalue weighted by molar-refractivity contribution is 0.0692. The fraction of sp³-hybridized carbons (Fsp3) is 0.136. The van der Waals surface area contributed by atoms with Gasteiger partial charge in [0, 0.05) is 23.5 Å². The molecule has 2 amide bonds. The van der Waals surface area contributed by atoms with Gasteiger partial charge in [-0.05, 0) is 59.1 Å². The number of phenols is 1. The normalized spacial score (nSPS) is 15.9. The molecule has 0 radical (unpaired) electrons. The van der Waals surface area contributed by atoms with Gasteiger partial charge < -0.3 is 25.6 Å². The lowest BCUT2D eigenvalue weighted by Gasteiger charge is -2.31. The van der Waals surface area contributed by atoms with Gasteiger partial charge in [0.2, 0.25) is 0 Å². The number of pyridine rings is 1. The third-order valence-corrected chi connectivity index (χ3v) is 5.50. The number of ether oxygens (including phenoxy) is 1. The summed E-state index contributed by atoms with van der Waals surface area (Å²) in [5, 5.41) is 29.5. The highest BCUT2D eigenvalue weighted by Crippen LogP contribution is 2.42. The molecule has 3 heterocycles. The van der Waals surface area contributed by atoms with Crippen molar-refractivity contribution >= 4 is 34.6 Å². The van der Waals surface area contributed by atoms with Gasteiger partial charge in [-0.3, -0.25) is 4.98 Å². The Morgan fingerprint density at radius 3 is 2.77 bits per heavy atom. The molecule has 1 atom stereocenters. The van der Waals surface area contributed by atoms with Crippen LogP contribution in [0.3, 0.4) is 0 Å². The van der Waals surface area contributed by atoms with Gasteiger partial charge in [0.05, 0.1) is 18.3 Å². The van der Waals surface area contributed by atoms with Crippen LogP contribution in [0.1, 0.15) is 40.0 Å². The summed E-state index contributed by atoms with van der Waals surface area (Å²) >= 11 is 1.50. The van der Waals surface area contributed by atoms with E-state index < -0.39 is 23.8 Å². The number of hydrogen-bond acceptors (Lipinski definition) is 6. The van der Waals surface area contributed by atoms with Crippen LogP contribution in [-0.4, -0.2) is 33.8 Å². The van der Waals surface area contributed by atoms with Crippen molar-refractivity contribution in [2.45, 2.75) is 13.0 Å². The summed E-state index contributed by atoms with van der Waals surface area (Å²) in [6.45, 7) is 1.97. The first-order chi connectivity index (χ1) is 15.0. The van der Waals surface area contributed by atoms with E-state index in [1.807, 2.05) is 22.9 Å². The van der Waals surface area contributed by atoms with Crippen LogP contribution in [0.5, 0.6) is 11.5 Å². The number of carboxylic acids is 1. The molecule has 0 aliphatic carbocycles. The number of nitrogens with zero attached hydrogens (tertiary/aromatic N) is 1. The van der Waals surface area contributed by atoms with Crippen molar-refractivity contribution in [3.63, 3.8) is 0 Å². The molecular weight excluding hydrogens is 418 g/mol. The first kappa shape index (κ1) is 20.4. The molecule has 1 aliphatic rings. The number of hydrogen-bond donors (Lipinski definition) is 4. The molecule has 9 heteroatoms. The molecule has 4 N–H and O–H groups in total. The predicted octanol–water partition coefficient (Wildman–Crippen LogP) is 3.87. The van der Waals surface area contributed by atoms with Gasteiger partial charge in [0.25, 0.3) is 0 Å².